The number of carbonyl (C=O) groups is 4. The smallest absolute Gasteiger partial charge is 0.446 e. The fraction of sp³-hybridized carbons (Fsp3) is 0.0909. The maximum atomic E-state index is 13.7. The number of hydrogen-bond acceptors (Lipinski definition) is 6. The zero-order valence-electron chi connectivity index (χ0n) is 22.7. The van der Waals surface area contributed by atoms with E-state index < -0.39 is 41.6 Å². The van der Waals surface area contributed by atoms with Crippen LogP contribution in [0.5, 0.6) is 0 Å². The molecule has 0 bridgehead atoms. The molecule has 0 aliphatic rings. The van der Waals surface area contributed by atoms with Crippen molar-refractivity contribution in [1.29, 1.82) is 0 Å². The Morgan fingerprint density at radius 2 is 1.25 bits per heavy atom. The number of allylic oxidation sites excluding steroid dienone is 2. The predicted molar refractivity (Wildman–Crippen MR) is 159 cm³/mol. The number of alkyl halides is 3. The van der Waals surface area contributed by atoms with Crippen LogP contribution in [-0.4, -0.2) is 51.8 Å². The Balaban J connectivity index is 1.63. The molecule has 0 saturated heterocycles. The van der Waals surface area contributed by atoms with Crippen molar-refractivity contribution in [1.82, 2.24) is 5.32 Å². The van der Waals surface area contributed by atoms with Crippen LogP contribution >= 0.6 is 11.8 Å². The molecule has 0 radical (unpaired) electrons. The summed E-state index contributed by atoms with van der Waals surface area (Å²) in [6.07, 6.45) is -0.655. The number of aliphatic carboxylic acids is 1. The molecule has 0 saturated carbocycles. The van der Waals surface area contributed by atoms with E-state index in [9.17, 15) is 37.5 Å². The zero-order valence-corrected chi connectivity index (χ0v) is 23.6. The van der Waals surface area contributed by atoms with E-state index in [4.69, 9.17) is 5.11 Å². The second kappa shape index (κ2) is 14.0. The fourth-order valence-electron chi connectivity index (χ4n) is 4.10. The van der Waals surface area contributed by atoms with Gasteiger partial charge in [0.05, 0.1) is 6.54 Å². The molecule has 44 heavy (non-hydrogen) atoms. The van der Waals surface area contributed by atoms with Gasteiger partial charge in [0, 0.05) is 27.2 Å². The number of halogens is 3. The fourth-order valence-corrected chi connectivity index (χ4v) is 4.63. The Kier molecular flexibility index (Phi) is 10.1. The van der Waals surface area contributed by atoms with Gasteiger partial charge >= 0.3 is 11.5 Å². The SMILES string of the molecule is O=C(C=C(C(=O)c1ccc(C(=O)NC[C@@H](O)C(=O)O)cc1)c1ccc(-c2ccccc2)cc1)c1ccc(SC(F)(F)F)cc1. The van der Waals surface area contributed by atoms with Crippen molar-refractivity contribution < 1.29 is 42.6 Å². The summed E-state index contributed by atoms with van der Waals surface area (Å²) in [4.78, 5) is 49.9. The van der Waals surface area contributed by atoms with Gasteiger partial charge < -0.3 is 15.5 Å². The number of thioether (sulfide) groups is 1. The number of benzene rings is 4. The Morgan fingerprint density at radius 3 is 1.82 bits per heavy atom. The summed E-state index contributed by atoms with van der Waals surface area (Å²) in [6.45, 7) is -0.515. The monoisotopic (exact) mass is 619 g/mol. The van der Waals surface area contributed by atoms with Gasteiger partial charge in [-0.3, -0.25) is 14.4 Å². The van der Waals surface area contributed by atoms with Gasteiger partial charge in [0.1, 0.15) is 0 Å². The van der Waals surface area contributed by atoms with Gasteiger partial charge in [-0.25, -0.2) is 4.79 Å². The van der Waals surface area contributed by atoms with E-state index in [2.05, 4.69) is 5.32 Å². The van der Waals surface area contributed by atoms with E-state index in [1.807, 2.05) is 30.3 Å². The van der Waals surface area contributed by atoms with Crippen LogP contribution in [0, 0.1) is 0 Å². The van der Waals surface area contributed by atoms with Crippen LogP contribution < -0.4 is 5.32 Å². The normalized spacial score (nSPS) is 12.3. The highest BCUT2D eigenvalue weighted by atomic mass is 32.2. The number of nitrogens with one attached hydrogen (secondary N) is 1. The summed E-state index contributed by atoms with van der Waals surface area (Å²) < 4.78 is 38.1. The molecule has 0 aliphatic heterocycles. The first-order valence-electron chi connectivity index (χ1n) is 13.0. The van der Waals surface area contributed by atoms with Crippen molar-refractivity contribution >= 4 is 40.8 Å². The van der Waals surface area contributed by atoms with Crippen molar-refractivity contribution in [2.24, 2.45) is 0 Å². The van der Waals surface area contributed by atoms with Gasteiger partial charge in [0.15, 0.2) is 17.7 Å². The second-order valence-corrected chi connectivity index (χ2v) is 10.5. The van der Waals surface area contributed by atoms with Crippen molar-refractivity contribution in [3.8, 4) is 11.1 Å². The van der Waals surface area contributed by atoms with Crippen LogP contribution in [-0.2, 0) is 4.79 Å². The number of carboxylic acid groups (broad SMARTS) is 1. The van der Waals surface area contributed by atoms with Crippen molar-refractivity contribution in [2.45, 2.75) is 16.5 Å². The van der Waals surface area contributed by atoms with E-state index in [1.54, 1.807) is 24.3 Å². The number of carbonyl (C=O) groups excluding carboxylic acids is 3. The summed E-state index contributed by atoms with van der Waals surface area (Å²) in [6, 6.07) is 26.7. The molecule has 4 aromatic carbocycles. The number of aliphatic hydroxyl groups excluding tert-OH is 1. The number of Topliss-reactive ketones (excluding diaryl/α,β-unsaturated/α-hetero) is 1. The average molecular weight is 620 g/mol. The maximum absolute atomic E-state index is 13.7. The number of aliphatic hydroxyl groups is 1. The number of amides is 1. The van der Waals surface area contributed by atoms with Crippen molar-refractivity contribution in [3.63, 3.8) is 0 Å². The Hall–Kier alpha value is -5.00. The van der Waals surface area contributed by atoms with Crippen LogP contribution in [0.1, 0.15) is 36.6 Å². The highest BCUT2D eigenvalue weighted by molar-refractivity contribution is 8.00. The van der Waals surface area contributed by atoms with E-state index >= 15 is 0 Å². The van der Waals surface area contributed by atoms with E-state index in [0.29, 0.717) is 5.56 Å². The molecule has 0 unspecified atom stereocenters. The molecule has 1 amide bonds. The lowest BCUT2D eigenvalue weighted by molar-refractivity contribution is -0.146. The van der Waals surface area contributed by atoms with Gasteiger partial charge in [0.25, 0.3) is 5.91 Å². The maximum Gasteiger partial charge on any atom is 0.446 e. The topological polar surface area (TPSA) is 121 Å². The molecule has 224 valence electrons. The Labute approximate surface area is 254 Å². The highest BCUT2D eigenvalue weighted by Crippen LogP contribution is 2.36. The molecule has 11 heteroatoms. The zero-order chi connectivity index (χ0) is 31.9. The number of hydrogen-bond donors (Lipinski definition) is 3. The Bertz CT molecular complexity index is 1690. The molecular weight excluding hydrogens is 595 g/mol. The summed E-state index contributed by atoms with van der Waals surface area (Å²) >= 11 is -0.306. The lowest BCUT2D eigenvalue weighted by Gasteiger charge is -2.11. The van der Waals surface area contributed by atoms with Crippen molar-refractivity contribution in [2.75, 3.05) is 6.54 Å². The molecule has 4 aromatic rings. The predicted octanol–water partition coefficient (Wildman–Crippen LogP) is 6.29. The average Bonchev–Trinajstić information content (AvgIpc) is 3.02. The first-order valence-corrected chi connectivity index (χ1v) is 13.8. The largest absolute Gasteiger partial charge is 0.479 e. The van der Waals surface area contributed by atoms with Gasteiger partial charge in [0.2, 0.25) is 0 Å². The van der Waals surface area contributed by atoms with Gasteiger partial charge in [-0.1, -0.05) is 66.7 Å². The van der Waals surface area contributed by atoms with E-state index in [1.165, 1.54) is 48.5 Å². The minimum Gasteiger partial charge on any atom is -0.479 e. The summed E-state index contributed by atoms with van der Waals surface area (Å²) in [5.74, 6) is -3.31. The minimum atomic E-state index is -4.48. The Morgan fingerprint density at radius 1 is 0.727 bits per heavy atom. The highest BCUT2D eigenvalue weighted by Gasteiger charge is 2.29. The molecule has 1 atom stereocenters. The molecule has 0 aromatic heterocycles. The lowest BCUT2D eigenvalue weighted by Crippen LogP contribution is -2.36. The van der Waals surface area contributed by atoms with Crippen LogP contribution in [0.3, 0.4) is 0 Å². The molecule has 3 N–H and O–H groups in total. The summed E-state index contributed by atoms with van der Waals surface area (Å²) in [5.41, 5.74) is -1.92. The lowest BCUT2D eigenvalue weighted by atomic mass is 9.92. The molecule has 4 rings (SSSR count). The van der Waals surface area contributed by atoms with Gasteiger partial charge in [-0.15, -0.1) is 0 Å². The summed E-state index contributed by atoms with van der Waals surface area (Å²) in [5, 5.41) is 20.4. The molecule has 0 aliphatic carbocycles. The molecular formula is C33H24F3NO6S. The number of ketones is 2. The van der Waals surface area contributed by atoms with Crippen LogP contribution in [0.15, 0.2) is 114 Å². The third kappa shape index (κ3) is 8.52. The quantitative estimate of drug-likeness (QED) is 0.103. The molecule has 7 nitrogen and oxygen atoms in total. The van der Waals surface area contributed by atoms with Crippen LogP contribution in [0.4, 0.5) is 13.2 Å². The van der Waals surface area contributed by atoms with Crippen LogP contribution in [0.2, 0.25) is 0 Å². The third-order valence-corrected chi connectivity index (χ3v) is 7.09. The molecule has 0 heterocycles. The first kappa shape index (κ1) is 31.9. The third-order valence-electron chi connectivity index (χ3n) is 6.35. The number of rotatable bonds is 11. The number of carboxylic acids is 1. The van der Waals surface area contributed by atoms with E-state index in [0.717, 1.165) is 17.2 Å². The standard InChI is InChI=1S/C33H24F3NO6S/c34-33(35,36)44-26-16-14-23(15-17-26)28(38)18-27(22-8-6-21(7-9-22)20-4-2-1-3-5-20)30(40)24-10-12-25(13-11-24)31(41)37-19-29(39)32(42)43/h1-18,29,39H,19H2,(H,37,41)(H,42,43)/t29-/m1/s1. The molecule has 0 spiro atoms. The van der Waals surface area contributed by atoms with Crippen molar-refractivity contribution in [3.05, 3.63) is 131 Å². The summed E-state index contributed by atoms with van der Waals surface area (Å²) in [7, 11) is 0. The van der Waals surface area contributed by atoms with Gasteiger partial charge in [-0.05, 0) is 70.9 Å². The first-order chi connectivity index (χ1) is 20.9. The van der Waals surface area contributed by atoms with Gasteiger partial charge in [-0.2, -0.15) is 13.2 Å². The minimum absolute atomic E-state index is 0.0186. The molecule has 0 fully saturated rings. The van der Waals surface area contributed by atoms with Crippen LogP contribution in [0.25, 0.3) is 16.7 Å². The second-order valence-electron chi connectivity index (χ2n) is 9.41. The van der Waals surface area contributed by atoms with E-state index in [-0.39, 0.29) is 38.9 Å².